The van der Waals surface area contributed by atoms with Gasteiger partial charge in [-0.15, -0.1) is 5.10 Å². The van der Waals surface area contributed by atoms with Crippen molar-refractivity contribution in [2.75, 3.05) is 0 Å². The van der Waals surface area contributed by atoms with Crippen molar-refractivity contribution in [2.45, 2.75) is 18.1 Å². The number of aryl methyl sites for hydroxylation is 1. The van der Waals surface area contributed by atoms with E-state index in [1.807, 2.05) is 0 Å². The lowest BCUT2D eigenvalue weighted by Gasteiger charge is -2.07. The summed E-state index contributed by atoms with van der Waals surface area (Å²) in [5.74, 6) is -2.35. The highest BCUT2D eigenvalue weighted by atomic mass is 32.2. The largest absolute Gasteiger partial charge is 0.453 e. The molecule has 0 unspecified atom stereocenters. The van der Waals surface area contributed by atoms with E-state index in [2.05, 4.69) is 15.1 Å². The van der Waals surface area contributed by atoms with Crippen LogP contribution in [0.5, 0.6) is 0 Å². The first-order valence-corrected chi connectivity index (χ1v) is 8.81. The summed E-state index contributed by atoms with van der Waals surface area (Å²) < 4.78 is 76.3. The van der Waals surface area contributed by atoms with Crippen LogP contribution in [0.3, 0.4) is 0 Å². The van der Waals surface area contributed by atoms with Gasteiger partial charge in [0.15, 0.2) is 10.9 Å². The normalized spacial score (nSPS) is 12.4. The minimum Gasteiger partial charge on any atom is -0.241 e. The molecule has 0 spiro atoms. The third-order valence-corrected chi connectivity index (χ3v) is 4.37. The lowest BCUT2D eigenvalue weighted by Crippen LogP contribution is -2.14. The molecule has 0 aliphatic rings. The molecule has 0 aliphatic heterocycles. The molecule has 0 fully saturated rings. The van der Waals surface area contributed by atoms with Crippen molar-refractivity contribution in [1.29, 1.82) is 0 Å². The number of hydrogen-bond acceptors (Lipinski definition) is 5. The van der Waals surface area contributed by atoms with E-state index >= 15 is 0 Å². The van der Waals surface area contributed by atoms with E-state index in [1.165, 1.54) is 19.1 Å². The average Bonchev–Trinajstić information content (AvgIpc) is 3.02. The molecule has 27 heavy (non-hydrogen) atoms. The first-order chi connectivity index (χ1) is 12.5. The summed E-state index contributed by atoms with van der Waals surface area (Å²) in [4.78, 5) is 7.07. The number of rotatable bonds is 3. The summed E-state index contributed by atoms with van der Waals surface area (Å²) in [7, 11) is -4.08. The van der Waals surface area contributed by atoms with Crippen LogP contribution >= 0.6 is 0 Å². The van der Waals surface area contributed by atoms with Crippen LogP contribution in [0.2, 0.25) is 0 Å². The van der Waals surface area contributed by atoms with Gasteiger partial charge in [-0.2, -0.15) is 13.2 Å². The predicted molar refractivity (Wildman–Crippen MR) is 85.7 cm³/mol. The maximum Gasteiger partial charge on any atom is 0.453 e. The Morgan fingerprint density at radius 3 is 2.37 bits per heavy atom. The number of nitrogens with two attached hydrogens (primary N) is 1. The fourth-order valence-corrected chi connectivity index (χ4v) is 2.65. The fraction of sp³-hybridized carbons (Fsp3) is 0.133. The molecule has 0 aliphatic carbocycles. The lowest BCUT2D eigenvalue weighted by atomic mass is 10.1. The Kier molecular flexibility index (Phi) is 4.48. The van der Waals surface area contributed by atoms with Crippen molar-refractivity contribution in [2.24, 2.45) is 5.14 Å². The number of pyridine rings is 1. The highest BCUT2D eigenvalue weighted by Crippen LogP contribution is 2.30. The van der Waals surface area contributed by atoms with Crippen LogP contribution in [0.1, 0.15) is 11.4 Å². The van der Waals surface area contributed by atoms with Gasteiger partial charge in [0, 0.05) is 5.56 Å². The van der Waals surface area contributed by atoms with Crippen LogP contribution < -0.4 is 5.14 Å². The van der Waals surface area contributed by atoms with E-state index in [9.17, 15) is 26.0 Å². The SMILES string of the molecule is Cc1ccc(-c2nc(C(F)(F)F)nn2-c2ccc(S(N)(=O)=O)nc2)cc1F. The van der Waals surface area contributed by atoms with Crippen molar-refractivity contribution < 1.29 is 26.0 Å². The summed E-state index contributed by atoms with van der Waals surface area (Å²) in [5, 5.41) is 7.89. The first-order valence-electron chi connectivity index (χ1n) is 7.27. The second kappa shape index (κ2) is 6.39. The zero-order valence-electron chi connectivity index (χ0n) is 13.6. The standard InChI is InChI=1S/C15H11F4N5O2S/c1-8-2-3-9(6-11(8)16)13-22-14(15(17,18)19)23-24(13)10-4-5-12(21-7-10)27(20,25)26/h2-7H,1H3,(H2,20,25,26). The van der Waals surface area contributed by atoms with Gasteiger partial charge < -0.3 is 0 Å². The number of aromatic nitrogens is 4. The monoisotopic (exact) mass is 401 g/mol. The van der Waals surface area contributed by atoms with Gasteiger partial charge >= 0.3 is 6.18 Å². The molecule has 12 heteroatoms. The van der Waals surface area contributed by atoms with Crippen molar-refractivity contribution in [3.05, 3.63) is 53.7 Å². The Balaban J connectivity index is 2.19. The molecule has 0 radical (unpaired) electrons. The van der Waals surface area contributed by atoms with E-state index in [-0.39, 0.29) is 17.1 Å². The number of sulfonamides is 1. The van der Waals surface area contributed by atoms with Gasteiger partial charge in [-0.3, -0.25) is 0 Å². The molecule has 3 aromatic rings. The minimum atomic E-state index is -4.84. The van der Waals surface area contributed by atoms with E-state index in [1.54, 1.807) is 0 Å². The number of nitrogens with zero attached hydrogens (tertiary/aromatic N) is 4. The Bertz CT molecular complexity index is 1110. The van der Waals surface area contributed by atoms with Gasteiger partial charge in [0.25, 0.3) is 15.8 Å². The van der Waals surface area contributed by atoms with Crippen LogP contribution in [-0.4, -0.2) is 28.2 Å². The molecule has 2 heterocycles. The third-order valence-electron chi connectivity index (χ3n) is 3.55. The summed E-state index contributed by atoms with van der Waals surface area (Å²) in [6.45, 7) is 1.50. The molecule has 0 atom stereocenters. The van der Waals surface area contributed by atoms with Crippen molar-refractivity contribution in [3.8, 4) is 17.1 Å². The van der Waals surface area contributed by atoms with E-state index in [0.717, 1.165) is 29.1 Å². The molecular weight excluding hydrogens is 390 g/mol. The van der Waals surface area contributed by atoms with Crippen LogP contribution in [0.25, 0.3) is 17.1 Å². The molecule has 2 N–H and O–H groups in total. The Morgan fingerprint density at radius 1 is 1.15 bits per heavy atom. The van der Waals surface area contributed by atoms with E-state index in [0.29, 0.717) is 5.56 Å². The molecule has 142 valence electrons. The summed E-state index contributed by atoms with van der Waals surface area (Å²) in [5.41, 5.74) is 0.345. The topological polar surface area (TPSA) is 104 Å². The van der Waals surface area contributed by atoms with E-state index < -0.39 is 32.9 Å². The second-order valence-corrected chi connectivity index (χ2v) is 7.04. The van der Waals surface area contributed by atoms with Gasteiger partial charge in [-0.25, -0.2) is 32.6 Å². The van der Waals surface area contributed by atoms with Crippen molar-refractivity contribution >= 4 is 10.0 Å². The smallest absolute Gasteiger partial charge is 0.241 e. The molecule has 0 saturated carbocycles. The van der Waals surface area contributed by atoms with Crippen LogP contribution in [-0.2, 0) is 16.2 Å². The Hall–Kier alpha value is -2.86. The molecule has 1 aromatic carbocycles. The quantitative estimate of drug-likeness (QED) is 0.679. The van der Waals surface area contributed by atoms with Gasteiger partial charge in [0.05, 0.1) is 11.9 Å². The minimum absolute atomic E-state index is 0.0126. The lowest BCUT2D eigenvalue weighted by molar-refractivity contribution is -0.144. The van der Waals surface area contributed by atoms with Crippen molar-refractivity contribution in [1.82, 2.24) is 19.7 Å². The number of primary sulfonamides is 1. The summed E-state index contributed by atoms with van der Waals surface area (Å²) >= 11 is 0. The molecule has 2 aromatic heterocycles. The van der Waals surface area contributed by atoms with Gasteiger partial charge in [-0.1, -0.05) is 12.1 Å². The molecular formula is C15H11F4N5O2S. The fourth-order valence-electron chi connectivity index (χ4n) is 2.20. The predicted octanol–water partition coefficient (Wildman–Crippen LogP) is 2.44. The van der Waals surface area contributed by atoms with Gasteiger partial charge in [0.1, 0.15) is 5.82 Å². The highest BCUT2D eigenvalue weighted by molar-refractivity contribution is 7.89. The summed E-state index contributed by atoms with van der Waals surface area (Å²) in [6, 6.07) is 5.99. The Morgan fingerprint density at radius 2 is 1.85 bits per heavy atom. The molecule has 0 amide bonds. The van der Waals surface area contributed by atoms with Crippen LogP contribution in [0, 0.1) is 12.7 Å². The number of benzene rings is 1. The average molecular weight is 401 g/mol. The molecule has 0 saturated heterocycles. The zero-order chi connectivity index (χ0) is 20.0. The molecule has 3 rings (SSSR count). The Labute approximate surface area is 150 Å². The molecule has 0 bridgehead atoms. The molecule has 7 nitrogen and oxygen atoms in total. The zero-order valence-corrected chi connectivity index (χ0v) is 14.4. The third kappa shape index (κ3) is 3.80. The van der Waals surface area contributed by atoms with Crippen LogP contribution in [0.4, 0.5) is 17.6 Å². The van der Waals surface area contributed by atoms with Gasteiger partial charge in [-0.05, 0) is 30.7 Å². The summed E-state index contributed by atoms with van der Waals surface area (Å²) in [6.07, 6.45) is -3.86. The number of alkyl halides is 3. The first kappa shape index (κ1) is 18.9. The van der Waals surface area contributed by atoms with Crippen LogP contribution in [0.15, 0.2) is 41.6 Å². The maximum atomic E-state index is 13.9. The highest BCUT2D eigenvalue weighted by Gasteiger charge is 2.37. The van der Waals surface area contributed by atoms with Crippen molar-refractivity contribution in [3.63, 3.8) is 0 Å². The second-order valence-electron chi connectivity index (χ2n) is 5.53. The van der Waals surface area contributed by atoms with E-state index in [4.69, 9.17) is 5.14 Å². The van der Waals surface area contributed by atoms with Gasteiger partial charge in [0.2, 0.25) is 0 Å². The number of halogens is 4. The number of hydrogen-bond donors (Lipinski definition) is 1. The maximum absolute atomic E-state index is 13.9.